The summed E-state index contributed by atoms with van der Waals surface area (Å²) in [5.41, 5.74) is 2.88. The number of rotatable bonds is 4. The molecule has 4 rings (SSSR count). The highest BCUT2D eigenvalue weighted by atomic mass is 32.1. The first kappa shape index (κ1) is 20.4. The van der Waals surface area contributed by atoms with Crippen LogP contribution >= 0.6 is 11.5 Å². The van der Waals surface area contributed by atoms with Gasteiger partial charge in [0.15, 0.2) is 5.82 Å². The summed E-state index contributed by atoms with van der Waals surface area (Å²) in [6.45, 7) is 4.00. The Kier molecular flexibility index (Phi) is 6.46. The molecule has 0 spiro atoms. The lowest BCUT2D eigenvalue weighted by Crippen LogP contribution is -1.97. The van der Waals surface area contributed by atoms with Gasteiger partial charge in [-0.2, -0.15) is 4.37 Å². The molecule has 0 saturated heterocycles. The average Bonchev–Trinajstić information content (AvgIpc) is 3.26. The highest BCUT2D eigenvalue weighted by molar-refractivity contribution is 7.09. The van der Waals surface area contributed by atoms with Crippen molar-refractivity contribution in [3.05, 3.63) is 84.2 Å². The zero-order chi connectivity index (χ0) is 20.8. The first-order valence-corrected chi connectivity index (χ1v) is 9.91. The van der Waals surface area contributed by atoms with Crippen molar-refractivity contribution in [3.63, 3.8) is 0 Å². The number of carbonyl (C=O) groups is 1. The molecule has 0 aliphatic rings. The fraction of sp³-hybridized carbons (Fsp3) is 0.0870. The average molecular weight is 406 g/mol. The zero-order valence-corrected chi connectivity index (χ0v) is 16.8. The van der Waals surface area contributed by atoms with Crippen LogP contribution in [0, 0.1) is 5.82 Å². The van der Waals surface area contributed by atoms with E-state index in [4.69, 9.17) is 5.11 Å². The van der Waals surface area contributed by atoms with Crippen LogP contribution < -0.4 is 0 Å². The molecule has 0 atom stereocenters. The van der Waals surface area contributed by atoms with Gasteiger partial charge in [-0.05, 0) is 46.9 Å². The second-order valence-electron chi connectivity index (χ2n) is 5.90. The first-order chi connectivity index (χ1) is 14.1. The lowest BCUT2D eigenvalue weighted by atomic mass is 10.0. The molecule has 29 heavy (non-hydrogen) atoms. The summed E-state index contributed by atoms with van der Waals surface area (Å²) in [6, 6.07) is 20.9. The number of hydrogen-bond acceptors (Lipinski definition) is 4. The molecule has 6 heteroatoms. The minimum Gasteiger partial charge on any atom is -0.478 e. The Labute approximate surface area is 172 Å². The Balaban J connectivity index is 0.00000117. The van der Waals surface area contributed by atoms with Crippen LogP contribution in [0.5, 0.6) is 0 Å². The van der Waals surface area contributed by atoms with Gasteiger partial charge in [0.05, 0.1) is 5.56 Å². The number of benzene rings is 3. The van der Waals surface area contributed by atoms with Crippen LogP contribution in [0.4, 0.5) is 4.39 Å². The molecule has 0 amide bonds. The monoisotopic (exact) mass is 406 g/mol. The van der Waals surface area contributed by atoms with Gasteiger partial charge in [-0.1, -0.05) is 62.4 Å². The smallest absolute Gasteiger partial charge is 0.335 e. The quantitative estimate of drug-likeness (QED) is 0.426. The summed E-state index contributed by atoms with van der Waals surface area (Å²) in [5.74, 6) is -1.18. The summed E-state index contributed by atoms with van der Waals surface area (Å²) in [7, 11) is 0. The van der Waals surface area contributed by atoms with Gasteiger partial charge in [-0.3, -0.25) is 0 Å². The van der Waals surface area contributed by atoms with Crippen LogP contribution in [-0.4, -0.2) is 20.4 Å². The molecular weight excluding hydrogens is 387 g/mol. The van der Waals surface area contributed by atoms with Gasteiger partial charge >= 0.3 is 5.97 Å². The molecule has 1 N–H and O–H groups in total. The minimum absolute atomic E-state index is 0.0893. The fourth-order valence-electron chi connectivity index (χ4n) is 2.76. The van der Waals surface area contributed by atoms with Gasteiger partial charge in [-0.15, -0.1) is 0 Å². The second-order valence-corrected chi connectivity index (χ2v) is 6.66. The number of nitrogens with zero attached hydrogens (tertiary/aromatic N) is 2. The van der Waals surface area contributed by atoms with Crippen LogP contribution in [0.25, 0.3) is 33.1 Å². The van der Waals surface area contributed by atoms with Gasteiger partial charge in [-0.25, -0.2) is 14.2 Å². The molecule has 0 saturated carbocycles. The van der Waals surface area contributed by atoms with Crippen molar-refractivity contribution in [1.29, 1.82) is 0 Å². The predicted molar refractivity (Wildman–Crippen MR) is 114 cm³/mol. The van der Waals surface area contributed by atoms with Crippen LogP contribution in [0.2, 0.25) is 0 Å². The SMILES string of the molecule is CC.O=C(O)c1cc(F)cc(-c2cccc(-c3nsc(-c4ccccc4)n3)c2)c1. The predicted octanol–water partition coefficient (Wildman–Crippen LogP) is 6.40. The Morgan fingerprint density at radius 1 is 0.862 bits per heavy atom. The van der Waals surface area contributed by atoms with Crippen molar-refractivity contribution in [2.45, 2.75) is 13.8 Å². The highest BCUT2D eigenvalue weighted by Crippen LogP contribution is 2.29. The van der Waals surface area contributed by atoms with Crippen LogP contribution in [0.15, 0.2) is 72.8 Å². The fourth-order valence-corrected chi connectivity index (χ4v) is 3.44. The molecular formula is C23H19FN2O2S. The van der Waals surface area contributed by atoms with Crippen LogP contribution in [-0.2, 0) is 0 Å². The largest absolute Gasteiger partial charge is 0.478 e. The molecule has 0 aliphatic heterocycles. The van der Waals surface area contributed by atoms with E-state index in [0.717, 1.165) is 22.2 Å². The lowest BCUT2D eigenvalue weighted by Gasteiger charge is -2.05. The van der Waals surface area contributed by atoms with Gasteiger partial charge < -0.3 is 5.11 Å². The summed E-state index contributed by atoms with van der Waals surface area (Å²) < 4.78 is 18.2. The van der Waals surface area contributed by atoms with E-state index >= 15 is 0 Å². The van der Waals surface area contributed by atoms with E-state index in [1.54, 1.807) is 6.07 Å². The number of carboxylic acids is 1. The molecule has 0 bridgehead atoms. The lowest BCUT2D eigenvalue weighted by molar-refractivity contribution is 0.0696. The van der Waals surface area contributed by atoms with Crippen molar-refractivity contribution >= 4 is 17.5 Å². The Hall–Kier alpha value is -3.38. The third-order valence-electron chi connectivity index (χ3n) is 4.05. The molecule has 146 valence electrons. The van der Waals surface area contributed by atoms with E-state index in [1.165, 1.54) is 23.7 Å². The van der Waals surface area contributed by atoms with E-state index in [0.29, 0.717) is 17.0 Å². The van der Waals surface area contributed by atoms with Crippen molar-refractivity contribution in [2.75, 3.05) is 0 Å². The molecule has 4 aromatic rings. The number of aromatic nitrogens is 2. The molecule has 0 aliphatic carbocycles. The molecule has 4 nitrogen and oxygen atoms in total. The maximum Gasteiger partial charge on any atom is 0.335 e. The summed E-state index contributed by atoms with van der Waals surface area (Å²) >= 11 is 1.31. The van der Waals surface area contributed by atoms with E-state index in [-0.39, 0.29) is 5.56 Å². The van der Waals surface area contributed by atoms with Crippen molar-refractivity contribution in [2.24, 2.45) is 0 Å². The Morgan fingerprint density at radius 2 is 1.55 bits per heavy atom. The normalized spacial score (nSPS) is 10.2. The number of aromatic carboxylic acids is 1. The van der Waals surface area contributed by atoms with Gasteiger partial charge in [0, 0.05) is 11.1 Å². The zero-order valence-electron chi connectivity index (χ0n) is 16.0. The second kappa shape index (κ2) is 9.21. The summed E-state index contributed by atoms with van der Waals surface area (Å²) in [5, 5.41) is 9.95. The first-order valence-electron chi connectivity index (χ1n) is 9.14. The van der Waals surface area contributed by atoms with Gasteiger partial charge in [0.2, 0.25) is 0 Å². The molecule has 1 heterocycles. The molecule has 1 aromatic heterocycles. The summed E-state index contributed by atoms with van der Waals surface area (Å²) in [4.78, 5) is 15.8. The molecule has 0 fully saturated rings. The van der Waals surface area contributed by atoms with Crippen molar-refractivity contribution in [1.82, 2.24) is 9.36 Å². The van der Waals surface area contributed by atoms with E-state index in [1.807, 2.05) is 62.4 Å². The Morgan fingerprint density at radius 3 is 2.28 bits per heavy atom. The topological polar surface area (TPSA) is 63.1 Å². The van der Waals surface area contributed by atoms with Crippen molar-refractivity contribution in [3.8, 4) is 33.1 Å². The van der Waals surface area contributed by atoms with Gasteiger partial charge in [0.1, 0.15) is 10.8 Å². The standard InChI is InChI=1S/C21H13FN2O2S.C2H6/c22-18-11-16(10-17(12-18)21(25)26)14-7-4-8-15(9-14)19-23-20(27-24-19)13-5-2-1-3-6-13;1-2/h1-12H,(H,25,26);1-2H3. The highest BCUT2D eigenvalue weighted by Gasteiger charge is 2.12. The molecule has 3 aromatic carbocycles. The van der Waals surface area contributed by atoms with Crippen LogP contribution in [0.3, 0.4) is 0 Å². The maximum atomic E-state index is 13.8. The number of halogens is 1. The number of hydrogen-bond donors (Lipinski definition) is 1. The van der Waals surface area contributed by atoms with Gasteiger partial charge in [0.25, 0.3) is 0 Å². The summed E-state index contributed by atoms with van der Waals surface area (Å²) in [6.07, 6.45) is 0. The number of carboxylic acid groups (broad SMARTS) is 1. The third kappa shape index (κ3) is 4.73. The van der Waals surface area contributed by atoms with Crippen LogP contribution in [0.1, 0.15) is 24.2 Å². The van der Waals surface area contributed by atoms with E-state index < -0.39 is 11.8 Å². The molecule has 0 unspecified atom stereocenters. The Bertz CT molecular complexity index is 1130. The molecule has 0 radical (unpaired) electrons. The van der Waals surface area contributed by atoms with Crippen molar-refractivity contribution < 1.29 is 14.3 Å². The maximum absolute atomic E-state index is 13.8. The van der Waals surface area contributed by atoms with E-state index in [2.05, 4.69) is 9.36 Å². The minimum atomic E-state index is -1.17. The van der Waals surface area contributed by atoms with E-state index in [9.17, 15) is 9.18 Å². The third-order valence-corrected chi connectivity index (χ3v) is 4.81.